The Hall–Kier alpha value is -2.22. The van der Waals surface area contributed by atoms with Crippen LogP contribution in [-0.2, 0) is 6.54 Å². The molecule has 2 nitrogen and oxygen atoms in total. The smallest absolute Gasteiger partial charge is 0.0950 e. The molecule has 0 saturated heterocycles. The van der Waals surface area contributed by atoms with Gasteiger partial charge in [-0.15, -0.1) is 0 Å². The topological polar surface area (TPSA) is 6.48 Å². The van der Waals surface area contributed by atoms with Crippen LogP contribution in [0.5, 0.6) is 0 Å². The molecule has 0 aliphatic carbocycles. The molecule has 0 bridgehead atoms. The zero-order valence-corrected chi connectivity index (χ0v) is 17.6. The van der Waals surface area contributed by atoms with Crippen molar-refractivity contribution in [3.05, 3.63) is 74.6 Å². The van der Waals surface area contributed by atoms with E-state index in [4.69, 9.17) is 0 Å². The molecular weight excluding hydrogens is 316 g/mol. The van der Waals surface area contributed by atoms with E-state index < -0.39 is 0 Å². The third-order valence-electron chi connectivity index (χ3n) is 5.81. The quantitative estimate of drug-likeness (QED) is 0.664. The van der Waals surface area contributed by atoms with E-state index in [1.165, 1.54) is 56.0 Å². The van der Waals surface area contributed by atoms with E-state index in [2.05, 4.69) is 89.5 Å². The summed E-state index contributed by atoms with van der Waals surface area (Å²) in [6.07, 6.45) is 0. The van der Waals surface area contributed by atoms with Crippen LogP contribution in [0.1, 0.15) is 52.8 Å². The second kappa shape index (κ2) is 6.83. The van der Waals surface area contributed by atoms with Crippen molar-refractivity contribution >= 4 is 5.69 Å². The molecule has 0 aromatic heterocycles. The molecular formula is C24H32N2. The van der Waals surface area contributed by atoms with Crippen molar-refractivity contribution in [2.75, 3.05) is 11.6 Å². The highest BCUT2D eigenvalue weighted by atomic mass is 15.4. The third-order valence-corrected chi connectivity index (χ3v) is 5.81. The molecule has 0 saturated carbocycles. The predicted octanol–water partition coefficient (Wildman–Crippen LogP) is 6.07. The van der Waals surface area contributed by atoms with Gasteiger partial charge in [-0.05, 0) is 83.2 Å². The lowest BCUT2D eigenvalue weighted by molar-refractivity contribution is 0.368. The molecule has 3 rings (SSSR count). The van der Waals surface area contributed by atoms with Crippen LogP contribution in [0.4, 0.5) is 5.69 Å². The van der Waals surface area contributed by atoms with E-state index in [0.29, 0.717) is 0 Å². The largest absolute Gasteiger partial charge is 0.351 e. The number of hydrogen-bond acceptors (Lipinski definition) is 2. The highest BCUT2D eigenvalue weighted by Gasteiger charge is 2.27. The molecule has 2 aromatic rings. The maximum absolute atomic E-state index is 2.51. The fourth-order valence-electron chi connectivity index (χ4n) is 4.46. The van der Waals surface area contributed by atoms with E-state index in [-0.39, 0.29) is 0 Å². The Morgan fingerprint density at radius 2 is 1.12 bits per heavy atom. The highest BCUT2D eigenvalue weighted by molar-refractivity contribution is 5.64. The van der Waals surface area contributed by atoms with Gasteiger partial charge in [-0.3, -0.25) is 0 Å². The molecule has 2 aromatic carbocycles. The van der Waals surface area contributed by atoms with Crippen molar-refractivity contribution in [3.63, 3.8) is 0 Å². The number of rotatable bonds is 3. The average Bonchev–Trinajstić information content (AvgIpc) is 2.78. The van der Waals surface area contributed by atoms with Gasteiger partial charge in [0.25, 0.3) is 0 Å². The van der Waals surface area contributed by atoms with Gasteiger partial charge in [0, 0.05) is 23.6 Å². The first-order valence-corrected chi connectivity index (χ1v) is 9.53. The molecule has 138 valence electrons. The Balaban J connectivity index is 1.93. The summed E-state index contributed by atoms with van der Waals surface area (Å²) in [5.74, 6) is 0. The zero-order chi connectivity index (χ0) is 19.2. The molecule has 0 fully saturated rings. The minimum atomic E-state index is 0.926. The summed E-state index contributed by atoms with van der Waals surface area (Å²) in [5, 5.41) is 0. The summed E-state index contributed by atoms with van der Waals surface area (Å²) < 4.78 is 0. The van der Waals surface area contributed by atoms with Crippen LogP contribution in [0.15, 0.2) is 35.7 Å². The Labute approximate surface area is 159 Å². The fourth-order valence-corrected chi connectivity index (χ4v) is 4.46. The van der Waals surface area contributed by atoms with Gasteiger partial charge in [-0.25, -0.2) is 0 Å². The number of anilines is 1. The SMILES string of the molecule is CC1=C(C)N(c2c(C)cc(C)cc2C)CN1Cc1c(C)cc(C)cc1C. The molecule has 0 spiro atoms. The van der Waals surface area contributed by atoms with Gasteiger partial charge >= 0.3 is 0 Å². The Kier molecular flexibility index (Phi) is 4.88. The molecule has 0 N–H and O–H groups in total. The van der Waals surface area contributed by atoms with Crippen LogP contribution >= 0.6 is 0 Å². The Morgan fingerprint density at radius 3 is 1.62 bits per heavy atom. The van der Waals surface area contributed by atoms with Crippen LogP contribution in [0.25, 0.3) is 0 Å². The van der Waals surface area contributed by atoms with Crippen LogP contribution in [0.3, 0.4) is 0 Å². The maximum atomic E-state index is 2.51. The van der Waals surface area contributed by atoms with Gasteiger partial charge in [-0.1, -0.05) is 35.4 Å². The van der Waals surface area contributed by atoms with Gasteiger partial charge in [-0.2, -0.15) is 0 Å². The molecule has 26 heavy (non-hydrogen) atoms. The standard InChI is InChI=1S/C24H32N2/c1-15-9-17(3)23(18(4)10-15)13-25-14-26(22(8)21(25)7)24-19(5)11-16(2)12-20(24)6/h9-12H,13-14H2,1-8H3. The van der Waals surface area contributed by atoms with Gasteiger partial charge in [0.05, 0.1) is 6.67 Å². The first kappa shape index (κ1) is 18.6. The average molecular weight is 349 g/mol. The summed E-state index contributed by atoms with van der Waals surface area (Å²) in [4.78, 5) is 5.00. The fraction of sp³-hybridized carbons (Fsp3) is 0.417. The molecule has 0 amide bonds. The van der Waals surface area contributed by atoms with Gasteiger partial charge in [0.15, 0.2) is 0 Å². The van der Waals surface area contributed by atoms with Crippen molar-refractivity contribution in [1.82, 2.24) is 4.90 Å². The molecule has 1 aliphatic heterocycles. The lowest BCUT2D eigenvalue weighted by Gasteiger charge is -2.27. The van der Waals surface area contributed by atoms with E-state index in [1.54, 1.807) is 0 Å². The predicted molar refractivity (Wildman–Crippen MR) is 113 cm³/mol. The van der Waals surface area contributed by atoms with Gasteiger partial charge in [0.2, 0.25) is 0 Å². The lowest BCUT2D eigenvalue weighted by Crippen LogP contribution is -2.28. The van der Waals surface area contributed by atoms with Crippen LogP contribution < -0.4 is 4.90 Å². The van der Waals surface area contributed by atoms with Crippen molar-refractivity contribution in [2.45, 2.75) is 61.9 Å². The number of benzene rings is 2. The number of hydrogen-bond donors (Lipinski definition) is 0. The van der Waals surface area contributed by atoms with Crippen LogP contribution in [-0.4, -0.2) is 11.6 Å². The molecule has 0 atom stereocenters. The Morgan fingerprint density at radius 1 is 0.654 bits per heavy atom. The first-order valence-electron chi connectivity index (χ1n) is 9.53. The minimum Gasteiger partial charge on any atom is -0.351 e. The second-order valence-electron chi connectivity index (χ2n) is 8.06. The number of aryl methyl sites for hydroxylation is 6. The molecule has 0 unspecified atom stereocenters. The summed E-state index contributed by atoms with van der Waals surface area (Å²) in [7, 11) is 0. The number of allylic oxidation sites excluding steroid dienone is 2. The van der Waals surface area contributed by atoms with E-state index >= 15 is 0 Å². The van der Waals surface area contributed by atoms with Gasteiger partial charge < -0.3 is 9.80 Å². The lowest BCUT2D eigenvalue weighted by atomic mass is 9.99. The summed E-state index contributed by atoms with van der Waals surface area (Å²) in [5.41, 5.74) is 13.8. The van der Waals surface area contributed by atoms with E-state index in [0.717, 1.165) is 13.2 Å². The van der Waals surface area contributed by atoms with Crippen LogP contribution in [0.2, 0.25) is 0 Å². The first-order chi connectivity index (χ1) is 12.2. The molecule has 1 aliphatic rings. The van der Waals surface area contributed by atoms with Crippen molar-refractivity contribution in [3.8, 4) is 0 Å². The van der Waals surface area contributed by atoms with Crippen molar-refractivity contribution in [2.24, 2.45) is 0 Å². The minimum absolute atomic E-state index is 0.926. The highest BCUT2D eigenvalue weighted by Crippen LogP contribution is 2.35. The molecule has 0 radical (unpaired) electrons. The van der Waals surface area contributed by atoms with Crippen molar-refractivity contribution in [1.29, 1.82) is 0 Å². The van der Waals surface area contributed by atoms with Crippen LogP contribution in [0, 0.1) is 41.5 Å². The normalized spacial score (nSPS) is 14.6. The second-order valence-corrected chi connectivity index (χ2v) is 8.06. The molecule has 1 heterocycles. The number of nitrogens with zero attached hydrogens (tertiary/aromatic N) is 2. The zero-order valence-electron chi connectivity index (χ0n) is 17.6. The van der Waals surface area contributed by atoms with Crippen molar-refractivity contribution < 1.29 is 0 Å². The Bertz CT molecular complexity index is 843. The maximum Gasteiger partial charge on any atom is 0.0950 e. The van der Waals surface area contributed by atoms with Gasteiger partial charge in [0.1, 0.15) is 0 Å². The summed E-state index contributed by atoms with van der Waals surface area (Å²) >= 11 is 0. The monoisotopic (exact) mass is 348 g/mol. The summed E-state index contributed by atoms with van der Waals surface area (Å²) in [6, 6.07) is 9.19. The molecule has 2 heteroatoms. The van der Waals surface area contributed by atoms with E-state index in [1.807, 2.05) is 0 Å². The van der Waals surface area contributed by atoms with E-state index in [9.17, 15) is 0 Å². The summed E-state index contributed by atoms with van der Waals surface area (Å²) in [6.45, 7) is 19.7. The third kappa shape index (κ3) is 3.25.